The Bertz CT molecular complexity index is 124. The van der Waals surface area contributed by atoms with Gasteiger partial charge in [0.05, 0.1) is 0 Å². The molecule has 3 nitrogen and oxygen atoms in total. The lowest BCUT2D eigenvalue weighted by molar-refractivity contribution is 0.107. The third-order valence-electron chi connectivity index (χ3n) is 2.13. The van der Waals surface area contributed by atoms with Gasteiger partial charge in [-0.15, -0.1) is 0 Å². The highest BCUT2D eigenvalue weighted by atomic mass is 16.5. The maximum absolute atomic E-state index is 5.47. The van der Waals surface area contributed by atoms with Gasteiger partial charge in [-0.3, -0.25) is 0 Å². The van der Waals surface area contributed by atoms with Crippen molar-refractivity contribution >= 4 is 0 Å². The molecule has 0 aromatic rings. The average molecular weight is 186 g/mol. The second kappa shape index (κ2) is 6.35. The quantitative estimate of drug-likeness (QED) is 0.572. The molecule has 2 N–H and O–H groups in total. The topological polar surface area (TPSA) is 33.3 Å². The van der Waals surface area contributed by atoms with Gasteiger partial charge >= 0.3 is 0 Å². The van der Waals surface area contributed by atoms with Crippen LogP contribution in [0.2, 0.25) is 0 Å². The van der Waals surface area contributed by atoms with E-state index in [1.807, 2.05) is 0 Å². The van der Waals surface area contributed by atoms with Crippen molar-refractivity contribution in [2.75, 3.05) is 32.8 Å². The Kier molecular flexibility index (Phi) is 5.35. The zero-order valence-electron chi connectivity index (χ0n) is 8.81. The molecule has 1 saturated heterocycles. The van der Waals surface area contributed by atoms with Gasteiger partial charge in [-0.25, -0.2) is 0 Å². The third-order valence-corrected chi connectivity index (χ3v) is 2.13. The smallest absolute Gasteiger partial charge is 0.0489 e. The van der Waals surface area contributed by atoms with E-state index >= 15 is 0 Å². The van der Waals surface area contributed by atoms with Crippen molar-refractivity contribution < 1.29 is 4.74 Å². The first-order valence-corrected chi connectivity index (χ1v) is 5.31. The van der Waals surface area contributed by atoms with Gasteiger partial charge in [0, 0.05) is 32.3 Å². The van der Waals surface area contributed by atoms with Crippen LogP contribution in [0.25, 0.3) is 0 Å². The number of rotatable bonds is 7. The van der Waals surface area contributed by atoms with Crippen molar-refractivity contribution in [3.63, 3.8) is 0 Å². The van der Waals surface area contributed by atoms with Gasteiger partial charge in [-0.1, -0.05) is 13.8 Å². The van der Waals surface area contributed by atoms with Crippen molar-refractivity contribution in [1.29, 1.82) is 0 Å². The van der Waals surface area contributed by atoms with Crippen LogP contribution in [0.5, 0.6) is 0 Å². The Morgan fingerprint density at radius 2 is 2.23 bits per heavy atom. The highest BCUT2D eigenvalue weighted by molar-refractivity contribution is 4.80. The minimum absolute atomic E-state index is 0.656. The second-order valence-corrected chi connectivity index (χ2v) is 4.13. The molecule has 0 unspecified atom stereocenters. The molecule has 3 heteroatoms. The van der Waals surface area contributed by atoms with Crippen molar-refractivity contribution in [2.45, 2.75) is 26.3 Å². The molecular weight excluding hydrogens is 164 g/mol. The molecule has 0 saturated carbocycles. The highest BCUT2D eigenvalue weighted by Crippen LogP contribution is 1.94. The zero-order chi connectivity index (χ0) is 9.52. The lowest BCUT2D eigenvalue weighted by Crippen LogP contribution is -2.55. The number of hydrogen-bond acceptors (Lipinski definition) is 3. The standard InChI is InChI=1S/C10H22N2O/c1-9(2)8-13-5-3-4-12-10-6-11-7-10/h9-12H,3-8H2,1-2H3. The Morgan fingerprint density at radius 1 is 1.46 bits per heavy atom. The summed E-state index contributed by atoms with van der Waals surface area (Å²) in [6.45, 7) is 9.50. The molecule has 0 atom stereocenters. The van der Waals surface area contributed by atoms with Crippen LogP contribution in [-0.2, 0) is 4.74 Å². The molecule has 0 amide bonds. The maximum atomic E-state index is 5.47. The molecule has 0 radical (unpaired) electrons. The van der Waals surface area contributed by atoms with Crippen molar-refractivity contribution in [3.05, 3.63) is 0 Å². The third kappa shape index (κ3) is 5.24. The van der Waals surface area contributed by atoms with Gasteiger partial charge in [0.2, 0.25) is 0 Å². The van der Waals surface area contributed by atoms with Gasteiger partial charge in [-0.2, -0.15) is 0 Å². The van der Waals surface area contributed by atoms with Crippen LogP contribution in [0.15, 0.2) is 0 Å². The fourth-order valence-electron chi connectivity index (χ4n) is 1.23. The summed E-state index contributed by atoms with van der Waals surface area (Å²) in [5.41, 5.74) is 0. The minimum atomic E-state index is 0.656. The summed E-state index contributed by atoms with van der Waals surface area (Å²) in [6, 6.07) is 0.713. The first-order chi connectivity index (χ1) is 6.29. The van der Waals surface area contributed by atoms with E-state index in [0.29, 0.717) is 12.0 Å². The molecule has 0 aliphatic carbocycles. The average Bonchev–Trinajstić information content (AvgIpc) is 1.99. The van der Waals surface area contributed by atoms with Gasteiger partial charge in [-0.05, 0) is 18.9 Å². The summed E-state index contributed by atoms with van der Waals surface area (Å²) in [7, 11) is 0. The summed E-state index contributed by atoms with van der Waals surface area (Å²) in [6.07, 6.45) is 1.13. The first-order valence-electron chi connectivity index (χ1n) is 5.31. The molecule has 1 aliphatic rings. The zero-order valence-corrected chi connectivity index (χ0v) is 8.81. The summed E-state index contributed by atoms with van der Waals surface area (Å²) in [4.78, 5) is 0. The molecule has 0 aromatic carbocycles. The minimum Gasteiger partial charge on any atom is -0.381 e. The first kappa shape index (κ1) is 11.0. The molecule has 78 valence electrons. The van der Waals surface area contributed by atoms with Gasteiger partial charge in [0.25, 0.3) is 0 Å². The van der Waals surface area contributed by atoms with E-state index in [-0.39, 0.29) is 0 Å². The Labute approximate surface area is 81.2 Å². The Balaban J connectivity index is 1.73. The summed E-state index contributed by atoms with van der Waals surface area (Å²) in [5, 5.41) is 6.70. The molecule has 1 heterocycles. The fraction of sp³-hybridized carbons (Fsp3) is 1.00. The molecule has 1 rings (SSSR count). The summed E-state index contributed by atoms with van der Waals surface area (Å²) in [5.74, 6) is 0.656. The monoisotopic (exact) mass is 186 g/mol. The normalized spacial score (nSPS) is 17.8. The van der Waals surface area contributed by atoms with Crippen LogP contribution in [0.1, 0.15) is 20.3 Å². The van der Waals surface area contributed by atoms with Crippen LogP contribution in [-0.4, -0.2) is 38.9 Å². The maximum Gasteiger partial charge on any atom is 0.0489 e. The second-order valence-electron chi connectivity index (χ2n) is 4.13. The van der Waals surface area contributed by atoms with E-state index in [2.05, 4.69) is 24.5 Å². The van der Waals surface area contributed by atoms with Crippen LogP contribution in [0.4, 0.5) is 0 Å². The molecule has 1 fully saturated rings. The number of ether oxygens (including phenoxy) is 1. The van der Waals surface area contributed by atoms with E-state index < -0.39 is 0 Å². The predicted molar refractivity (Wildman–Crippen MR) is 54.9 cm³/mol. The van der Waals surface area contributed by atoms with Gasteiger partial charge in [0.15, 0.2) is 0 Å². The van der Waals surface area contributed by atoms with E-state index in [9.17, 15) is 0 Å². The lowest BCUT2D eigenvalue weighted by Gasteiger charge is -2.28. The van der Waals surface area contributed by atoms with E-state index in [4.69, 9.17) is 4.74 Å². The van der Waals surface area contributed by atoms with E-state index in [0.717, 1.165) is 39.3 Å². The van der Waals surface area contributed by atoms with Crippen molar-refractivity contribution in [3.8, 4) is 0 Å². The SMILES string of the molecule is CC(C)COCCCNC1CNC1. The van der Waals surface area contributed by atoms with E-state index in [1.54, 1.807) is 0 Å². The fourth-order valence-corrected chi connectivity index (χ4v) is 1.23. The van der Waals surface area contributed by atoms with Crippen molar-refractivity contribution in [2.24, 2.45) is 5.92 Å². The molecule has 0 bridgehead atoms. The Hall–Kier alpha value is -0.120. The van der Waals surface area contributed by atoms with Crippen LogP contribution in [0, 0.1) is 5.92 Å². The van der Waals surface area contributed by atoms with Gasteiger partial charge < -0.3 is 15.4 Å². The number of nitrogens with one attached hydrogen (secondary N) is 2. The molecule has 0 aromatic heterocycles. The molecule has 1 aliphatic heterocycles. The summed E-state index contributed by atoms with van der Waals surface area (Å²) < 4.78 is 5.47. The molecular formula is C10H22N2O. The molecule has 0 spiro atoms. The van der Waals surface area contributed by atoms with E-state index in [1.165, 1.54) is 0 Å². The summed E-state index contributed by atoms with van der Waals surface area (Å²) >= 11 is 0. The highest BCUT2D eigenvalue weighted by Gasteiger charge is 2.14. The van der Waals surface area contributed by atoms with Crippen LogP contribution < -0.4 is 10.6 Å². The lowest BCUT2D eigenvalue weighted by atomic mass is 10.2. The predicted octanol–water partition coefficient (Wildman–Crippen LogP) is 0.611. The Morgan fingerprint density at radius 3 is 2.77 bits per heavy atom. The van der Waals surface area contributed by atoms with Gasteiger partial charge in [0.1, 0.15) is 0 Å². The largest absolute Gasteiger partial charge is 0.381 e. The van der Waals surface area contributed by atoms with Crippen LogP contribution >= 0.6 is 0 Å². The van der Waals surface area contributed by atoms with Crippen molar-refractivity contribution in [1.82, 2.24) is 10.6 Å². The van der Waals surface area contributed by atoms with Crippen LogP contribution in [0.3, 0.4) is 0 Å². The number of hydrogen-bond donors (Lipinski definition) is 2. The molecule has 13 heavy (non-hydrogen) atoms.